The van der Waals surface area contributed by atoms with Gasteiger partial charge in [0.15, 0.2) is 11.6 Å². The molecule has 2 aromatic rings. The molecule has 0 aliphatic carbocycles. The first-order valence-electron chi connectivity index (χ1n) is 5.50. The lowest BCUT2D eigenvalue weighted by molar-refractivity contribution is 0.284. The molecule has 0 amide bonds. The Bertz CT molecular complexity index is 570. The van der Waals surface area contributed by atoms with Crippen molar-refractivity contribution in [2.24, 2.45) is 0 Å². The molecular formula is C14H13F2NO. The summed E-state index contributed by atoms with van der Waals surface area (Å²) in [5.41, 5.74) is 6.61. The monoisotopic (exact) mass is 249 g/mol. The van der Waals surface area contributed by atoms with Crippen LogP contribution in [0, 0.1) is 18.6 Å². The highest BCUT2D eigenvalue weighted by Crippen LogP contribution is 2.21. The second-order valence-electron chi connectivity index (χ2n) is 4.03. The molecule has 0 aromatic heterocycles. The average molecular weight is 249 g/mol. The number of hydrogen-bond donors (Lipinski definition) is 1. The van der Waals surface area contributed by atoms with Crippen LogP contribution >= 0.6 is 0 Å². The Hall–Kier alpha value is -2.10. The van der Waals surface area contributed by atoms with Crippen molar-refractivity contribution in [3.05, 3.63) is 59.2 Å². The number of hydrogen-bond acceptors (Lipinski definition) is 2. The lowest BCUT2D eigenvalue weighted by Gasteiger charge is -2.09. The van der Waals surface area contributed by atoms with Crippen LogP contribution in [0.2, 0.25) is 0 Å². The normalized spacial score (nSPS) is 10.4. The van der Waals surface area contributed by atoms with E-state index in [0.717, 1.165) is 0 Å². The van der Waals surface area contributed by atoms with E-state index >= 15 is 0 Å². The van der Waals surface area contributed by atoms with Gasteiger partial charge >= 0.3 is 0 Å². The summed E-state index contributed by atoms with van der Waals surface area (Å²) in [6, 6.07) is 9.16. The smallest absolute Gasteiger partial charge is 0.167 e. The van der Waals surface area contributed by atoms with Crippen LogP contribution in [0.1, 0.15) is 11.1 Å². The number of nitrogen functional groups attached to an aromatic ring is 1. The Morgan fingerprint density at radius 3 is 2.67 bits per heavy atom. The van der Waals surface area contributed by atoms with Crippen molar-refractivity contribution >= 4 is 5.69 Å². The molecule has 0 radical (unpaired) electrons. The molecule has 0 saturated carbocycles. The van der Waals surface area contributed by atoms with Crippen LogP contribution in [0.25, 0.3) is 0 Å². The van der Waals surface area contributed by atoms with Crippen LogP contribution in [-0.4, -0.2) is 0 Å². The zero-order valence-electron chi connectivity index (χ0n) is 9.91. The van der Waals surface area contributed by atoms with E-state index in [1.165, 1.54) is 18.2 Å². The van der Waals surface area contributed by atoms with Gasteiger partial charge in [-0.15, -0.1) is 0 Å². The Balaban J connectivity index is 2.14. The van der Waals surface area contributed by atoms with Crippen LogP contribution in [0.4, 0.5) is 14.5 Å². The standard InChI is InChI=1S/C14H13F2NO/c1-9-3-2-4-13(14(9)16)18-8-10-5-6-11(17)7-12(10)15/h2-7H,8,17H2,1H3. The van der Waals surface area contributed by atoms with Gasteiger partial charge in [-0.25, -0.2) is 8.78 Å². The van der Waals surface area contributed by atoms with Gasteiger partial charge in [-0.05, 0) is 30.7 Å². The molecule has 0 fully saturated rings. The Kier molecular flexibility index (Phi) is 3.46. The summed E-state index contributed by atoms with van der Waals surface area (Å²) >= 11 is 0. The van der Waals surface area contributed by atoms with Crippen molar-refractivity contribution < 1.29 is 13.5 Å². The topological polar surface area (TPSA) is 35.2 Å². The van der Waals surface area contributed by atoms with Gasteiger partial charge in [0.25, 0.3) is 0 Å². The van der Waals surface area contributed by atoms with E-state index < -0.39 is 11.6 Å². The van der Waals surface area contributed by atoms with Crippen molar-refractivity contribution in [3.8, 4) is 5.75 Å². The highest BCUT2D eigenvalue weighted by atomic mass is 19.1. The van der Waals surface area contributed by atoms with Gasteiger partial charge in [0.05, 0.1) is 0 Å². The van der Waals surface area contributed by atoms with Crippen LogP contribution in [0.15, 0.2) is 36.4 Å². The minimum Gasteiger partial charge on any atom is -0.486 e. The molecule has 0 heterocycles. The molecule has 0 spiro atoms. The number of ether oxygens (including phenoxy) is 1. The van der Waals surface area contributed by atoms with Gasteiger partial charge in [-0.1, -0.05) is 18.2 Å². The van der Waals surface area contributed by atoms with Crippen molar-refractivity contribution in [1.29, 1.82) is 0 Å². The van der Waals surface area contributed by atoms with E-state index in [-0.39, 0.29) is 12.4 Å². The lowest BCUT2D eigenvalue weighted by atomic mass is 10.2. The molecular weight excluding hydrogens is 236 g/mol. The van der Waals surface area contributed by atoms with Crippen LogP contribution in [0.5, 0.6) is 5.75 Å². The van der Waals surface area contributed by atoms with Crippen molar-refractivity contribution in [1.82, 2.24) is 0 Å². The maximum Gasteiger partial charge on any atom is 0.167 e. The molecule has 18 heavy (non-hydrogen) atoms. The fourth-order valence-corrected chi connectivity index (χ4v) is 1.57. The summed E-state index contributed by atoms with van der Waals surface area (Å²) in [7, 11) is 0. The minimum atomic E-state index is -0.455. The molecule has 0 atom stereocenters. The van der Waals surface area contributed by atoms with E-state index in [4.69, 9.17) is 10.5 Å². The maximum atomic E-state index is 13.6. The fourth-order valence-electron chi connectivity index (χ4n) is 1.57. The van der Waals surface area contributed by atoms with Crippen LogP contribution in [-0.2, 0) is 6.61 Å². The molecule has 0 unspecified atom stereocenters. The molecule has 0 bridgehead atoms. The SMILES string of the molecule is Cc1cccc(OCc2ccc(N)cc2F)c1F. The number of rotatable bonds is 3. The van der Waals surface area contributed by atoms with Crippen molar-refractivity contribution in [2.75, 3.05) is 5.73 Å². The predicted octanol–water partition coefficient (Wildman–Crippen LogP) is 3.43. The first-order valence-corrected chi connectivity index (χ1v) is 5.50. The second-order valence-corrected chi connectivity index (χ2v) is 4.03. The highest BCUT2D eigenvalue weighted by Gasteiger charge is 2.08. The minimum absolute atomic E-state index is 0.0352. The first-order chi connectivity index (χ1) is 8.58. The molecule has 0 aliphatic rings. The summed E-state index contributed by atoms with van der Waals surface area (Å²) in [4.78, 5) is 0. The Morgan fingerprint density at radius 1 is 1.17 bits per heavy atom. The van der Waals surface area contributed by atoms with Crippen molar-refractivity contribution in [2.45, 2.75) is 13.5 Å². The second kappa shape index (κ2) is 5.04. The fraction of sp³-hybridized carbons (Fsp3) is 0.143. The number of anilines is 1. The zero-order valence-corrected chi connectivity index (χ0v) is 9.91. The molecule has 2 rings (SSSR count). The number of nitrogens with two attached hydrogens (primary N) is 1. The predicted molar refractivity (Wildman–Crippen MR) is 66.3 cm³/mol. The molecule has 0 saturated heterocycles. The highest BCUT2D eigenvalue weighted by molar-refractivity contribution is 5.40. The number of benzene rings is 2. The number of halogens is 2. The third-order valence-corrected chi connectivity index (χ3v) is 2.62. The van der Waals surface area contributed by atoms with Gasteiger partial charge in [0.2, 0.25) is 0 Å². The Labute approximate surface area is 104 Å². The summed E-state index contributed by atoms with van der Waals surface area (Å²) in [5, 5.41) is 0. The van der Waals surface area contributed by atoms with Gasteiger partial charge < -0.3 is 10.5 Å². The first kappa shape index (κ1) is 12.4. The summed E-state index contributed by atoms with van der Waals surface area (Å²) < 4.78 is 32.4. The van der Waals surface area contributed by atoms with Crippen LogP contribution < -0.4 is 10.5 Å². The van der Waals surface area contributed by atoms with E-state index in [2.05, 4.69) is 0 Å². The van der Waals surface area contributed by atoms with Gasteiger partial charge in [0, 0.05) is 11.3 Å². The van der Waals surface area contributed by atoms with Gasteiger partial charge in [0.1, 0.15) is 12.4 Å². The largest absolute Gasteiger partial charge is 0.486 e. The van der Waals surface area contributed by atoms with Crippen molar-refractivity contribution in [3.63, 3.8) is 0 Å². The average Bonchev–Trinajstić information content (AvgIpc) is 2.33. The molecule has 2 nitrogen and oxygen atoms in total. The van der Waals surface area contributed by atoms with E-state index in [0.29, 0.717) is 16.8 Å². The summed E-state index contributed by atoms with van der Waals surface area (Å²) in [5.74, 6) is -0.761. The molecule has 4 heteroatoms. The molecule has 2 aromatic carbocycles. The molecule has 94 valence electrons. The molecule has 2 N–H and O–H groups in total. The quantitative estimate of drug-likeness (QED) is 0.846. The summed E-state index contributed by atoms with van der Waals surface area (Å²) in [6.07, 6.45) is 0. The third-order valence-electron chi connectivity index (χ3n) is 2.62. The lowest BCUT2D eigenvalue weighted by Crippen LogP contribution is -2.01. The van der Waals surface area contributed by atoms with Gasteiger partial charge in [-0.3, -0.25) is 0 Å². The third kappa shape index (κ3) is 2.59. The maximum absolute atomic E-state index is 13.6. The molecule has 0 aliphatic heterocycles. The van der Waals surface area contributed by atoms with E-state index in [1.807, 2.05) is 0 Å². The zero-order chi connectivity index (χ0) is 13.1. The van der Waals surface area contributed by atoms with E-state index in [1.54, 1.807) is 25.1 Å². The van der Waals surface area contributed by atoms with E-state index in [9.17, 15) is 8.78 Å². The number of aryl methyl sites for hydroxylation is 1. The Morgan fingerprint density at radius 2 is 1.94 bits per heavy atom. The van der Waals surface area contributed by atoms with Crippen LogP contribution in [0.3, 0.4) is 0 Å². The summed E-state index contributed by atoms with van der Waals surface area (Å²) in [6.45, 7) is 1.61. The van der Waals surface area contributed by atoms with Gasteiger partial charge in [-0.2, -0.15) is 0 Å².